The molecule has 0 saturated carbocycles. The summed E-state index contributed by atoms with van der Waals surface area (Å²) >= 11 is 4.90. The van der Waals surface area contributed by atoms with Gasteiger partial charge in [-0.05, 0) is 70.2 Å². The lowest BCUT2D eigenvalue weighted by Gasteiger charge is -2.16. The number of allylic oxidation sites excluding steroid dienone is 1. The number of fused-ring (bicyclic) bond motifs is 1. The highest BCUT2D eigenvalue weighted by atomic mass is 32.1. The fourth-order valence-electron chi connectivity index (χ4n) is 4.03. The van der Waals surface area contributed by atoms with Gasteiger partial charge >= 0.3 is 4.84 Å². The first-order chi connectivity index (χ1) is 16.2. The van der Waals surface area contributed by atoms with Crippen LogP contribution in [0, 0.1) is 4.84 Å². The molecule has 2 N–H and O–H groups in total. The zero-order chi connectivity index (χ0) is 22.6. The van der Waals surface area contributed by atoms with Gasteiger partial charge in [0.1, 0.15) is 0 Å². The summed E-state index contributed by atoms with van der Waals surface area (Å²) in [6, 6.07) is 25.6. The number of hydrogen-bond donors (Lipinski definition) is 2. The largest absolute Gasteiger partial charge is 0.348 e. The van der Waals surface area contributed by atoms with E-state index in [4.69, 9.17) is 16.7 Å². The van der Waals surface area contributed by atoms with Crippen LogP contribution < -0.4 is 0 Å². The van der Waals surface area contributed by atoms with Gasteiger partial charge in [-0.1, -0.05) is 73.7 Å². The molecule has 0 saturated heterocycles. The second-order valence-electron chi connectivity index (χ2n) is 7.67. The van der Waals surface area contributed by atoms with Crippen molar-refractivity contribution in [1.82, 2.24) is 20.3 Å². The first kappa shape index (κ1) is 20.8. The van der Waals surface area contributed by atoms with E-state index in [-0.39, 0.29) is 4.84 Å². The second-order valence-corrected chi connectivity index (χ2v) is 8.02. The van der Waals surface area contributed by atoms with Crippen LogP contribution in [0.3, 0.4) is 0 Å². The monoisotopic (exact) mass is 450 g/mol. The molecule has 162 valence electrons. The Morgan fingerprint density at radius 3 is 2.45 bits per heavy atom. The molecular weight excluding hydrogens is 428 g/mol. The van der Waals surface area contributed by atoms with Gasteiger partial charge in [-0.25, -0.2) is 5.16 Å². The van der Waals surface area contributed by atoms with E-state index in [1.54, 1.807) is 0 Å². The number of hydrogen-bond acceptors (Lipinski definition) is 4. The molecule has 6 heteroatoms. The Morgan fingerprint density at radius 1 is 0.939 bits per heavy atom. The fourth-order valence-corrected chi connectivity index (χ4v) is 4.17. The third-order valence-corrected chi connectivity index (χ3v) is 5.77. The third kappa shape index (κ3) is 4.47. The number of benzene rings is 3. The van der Waals surface area contributed by atoms with E-state index in [1.165, 1.54) is 22.3 Å². The zero-order valence-corrected chi connectivity index (χ0v) is 18.9. The van der Waals surface area contributed by atoms with Crippen LogP contribution in [0.4, 0.5) is 0 Å². The van der Waals surface area contributed by atoms with Crippen LogP contribution in [0.1, 0.15) is 41.4 Å². The van der Waals surface area contributed by atoms with Crippen LogP contribution >= 0.6 is 12.2 Å². The van der Waals surface area contributed by atoms with Crippen molar-refractivity contribution in [3.8, 4) is 0 Å². The summed E-state index contributed by atoms with van der Waals surface area (Å²) < 4.78 is 4.97. The number of aromatic amines is 2. The van der Waals surface area contributed by atoms with Crippen molar-refractivity contribution in [2.24, 2.45) is 0 Å². The van der Waals surface area contributed by atoms with E-state index >= 15 is 0 Å². The molecule has 2 heterocycles. The molecular formula is C27H22N4OS. The first-order valence-electron chi connectivity index (χ1n) is 10.8. The molecule has 5 nitrogen and oxygen atoms in total. The smallest absolute Gasteiger partial charge is 0.314 e. The van der Waals surface area contributed by atoms with E-state index in [1.807, 2.05) is 18.3 Å². The average molecular weight is 451 g/mol. The van der Waals surface area contributed by atoms with E-state index in [0.29, 0.717) is 5.82 Å². The lowest BCUT2D eigenvalue weighted by molar-refractivity contribution is 0.403. The predicted octanol–water partition coefficient (Wildman–Crippen LogP) is 7.15. The highest BCUT2D eigenvalue weighted by molar-refractivity contribution is 7.71. The van der Waals surface area contributed by atoms with Crippen LogP contribution in [-0.2, 0) is 0 Å². The summed E-state index contributed by atoms with van der Waals surface area (Å²) in [4.78, 5) is 4.29. The summed E-state index contributed by atoms with van der Waals surface area (Å²) in [5.74, 6) is 0.593. The van der Waals surface area contributed by atoms with Gasteiger partial charge in [0.05, 0.1) is 11.7 Å². The van der Waals surface area contributed by atoms with E-state index < -0.39 is 0 Å². The third-order valence-electron chi connectivity index (χ3n) is 5.59. The van der Waals surface area contributed by atoms with Gasteiger partial charge in [0.15, 0.2) is 5.82 Å². The van der Waals surface area contributed by atoms with Crippen molar-refractivity contribution in [2.45, 2.75) is 13.3 Å². The van der Waals surface area contributed by atoms with E-state index in [2.05, 4.69) is 100 Å². The predicted molar refractivity (Wildman–Crippen MR) is 136 cm³/mol. The van der Waals surface area contributed by atoms with E-state index in [9.17, 15) is 0 Å². The van der Waals surface area contributed by atoms with Crippen molar-refractivity contribution in [1.29, 1.82) is 0 Å². The number of H-pyrrole nitrogens is 2. The van der Waals surface area contributed by atoms with Crippen LogP contribution in [0.25, 0.3) is 34.2 Å². The maximum Gasteiger partial charge on any atom is 0.314 e. The van der Waals surface area contributed by atoms with Gasteiger partial charge in [0.25, 0.3) is 0 Å². The van der Waals surface area contributed by atoms with Crippen molar-refractivity contribution < 1.29 is 4.52 Å². The minimum atomic E-state index is 0.197. The molecule has 0 aliphatic heterocycles. The van der Waals surface area contributed by atoms with Crippen molar-refractivity contribution in [2.75, 3.05) is 0 Å². The second kappa shape index (κ2) is 9.22. The quantitative estimate of drug-likeness (QED) is 0.213. The summed E-state index contributed by atoms with van der Waals surface area (Å²) in [6.07, 6.45) is 6.61. The number of rotatable bonds is 6. The standard InChI is InChI=1S/C27H22N4OS/c1-2-23(19-6-4-3-5-7-19)26(21-13-14-24-22(16-21)17-28-30-24)20-11-8-18(9-12-20)10-15-25-29-27(33)32-31-25/h3-17H,2H2,1H3,(H,28,30)(H,29,31,33). The van der Waals surface area contributed by atoms with Crippen molar-refractivity contribution >= 4 is 46.4 Å². The maximum atomic E-state index is 4.97. The molecule has 33 heavy (non-hydrogen) atoms. The Balaban J connectivity index is 1.60. The molecule has 5 aromatic rings. The van der Waals surface area contributed by atoms with Crippen LogP contribution in [0.5, 0.6) is 0 Å². The van der Waals surface area contributed by atoms with Gasteiger partial charge in [0.2, 0.25) is 0 Å². The van der Waals surface area contributed by atoms with Gasteiger partial charge in [-0.3, -0.25) is 5.10 Å². The summed E-state index contributed by atoms with van der Waals surface area (Å²) in [6.45, 7) is 2.21. The SMILES string of the molecule is CCC(=C(c1ccc(C=Cc2nc(=S)o[nH]2)cc1)c1ccc2[nH]ncc2c1)c1ccccc1. The Hall–Kier alpha value is -4.03. The van der Waals surface area contributed by atoms with Crippen LogP contribution in [0.2, 0.25) is 0 Å². The molecule has 0 unspecified atom stereocenters. The maximum absolute atomic E-state index is 4.97. The molecule has 0 spiro atoms. The highest BCUT2D eigenvalue weighted by Crippen LogP contribution is 2.35. The molecule has 0 bridgehead atoms. The number of aromatic nitrogens is 4. The molecule has 0 aliphatic carbocycles. The Labute approximate surface area is 196 Å². The minimum Gasteiger partial charge on any atom is -0.348 e. The Kier molecular flexibility index (Phi) is 5.83. The molecule has 0 atom stereocenters. The summed E-state index contributed by atoms with van der Waals surface area (Å²) in [7, 11) is 0. The lowest BCUT2D eigenvalue weighted by atomic mass is 9.87. The Bertz CT molecular complexity index is 1510. The molecule has 0 aliphatic rings. The fraction of sp³-hybridized carbons (Fsp3) is 0.0741. The number of nitrogens with one attached hydrogen (secondary N) is 2. The van der Waals surface area contributed by atoms with Gasteiger partial charge < -0.3 is 4.52 Å². The lowest BCUT2D eigenvalue weighted by Crippen LogP contribution is -1.95. The van der Waals surface area contributed by atoms with Crippen LogP contribution in [-0.4, -0.2) is 20.3 Å². The topological polar surface area (TPSA) is 70.5 Å². The van der Waals surface area contributed by atoms with Crippen LogP contribution in [0.15, 0.2) is 83.5 Å². The molecule has 0 amide bonds. The normalized spacial score (nSPS) is 12.4. The first-order valence-corrected chi connectivity index (χ1v) is 11.2. The molecule has 5 rings (SSSR count). The van der Waals surface area contributed by atoms with Gasteiger partial charge in [-0.2, -0.15) is 10.1 Å². The number of nitrogens with zero attached hydrogens (tertiary/aromatic N) is 2. The molecule has 0 radical (unpaired) electrons. The van der Waals surface area contributed by atoms with Gasteiger partial charge in [-0.15, -0.1) is 0 Å². The zero-order valence-electron chi connectivity index (χ0n) is 18.1. The Morgan fingerprint density at radius 2 is 1.73 bits per heavy atom. The molecule has 2 aromatic heterocycles. The van der Waals surface area contributed by atoms with Crippen molar-refractivity contribution in [3.63, 3.8) is 0 Å². The van der Waals surface area contributed by atoms with E-state index in [0.717, 1.165) is 28.5 Å². The van der Waals surface area contributed by atoms with Gasteiger partial charge in [0, 0.05) is 5.39 Å². The minimum absolute atomic E-state index is 0.197. The summed E-state index contributed by atoms with van der Waals surface area (Å²) in [5, 5.41) is 11.0. The van der Waals surface area contributed by atoms with Crippen molar-refractivity contribution in [3.05, 3.63) is 112 Å². The molecule has 0 fully saturated rings. The molecule has 3 aromatic carbocycles. The highest BCUT2D eigenvalue weighted by Gasteiger charge is 2.14. The summed E-state index contributed by atoms with van der Waals surface area (Å²) in [5.41, 5.74) is 8.18. The average Bonchev–Trinajstić information content (AvgIpc) is 3.50.